The van der Waals surface area contributed by atoms with E-state index in [-0.39, 0.29) is 45.2 Å². The van der Waals surface area contributed by atoms with Gasteiger partial charge in [0.2, 0.25) is 10.0 Å². The zero-order valence-electron chi connectivity index (χ0n) is 18.3. The fourth-order valence-corrected chi connectivity index (χ4v) is 4.30. The van der Waals surface area contributed by atoms with Gasteiger partial charge >= 0.3 is 0 Å². The summed E-state index contributed by atoms with van der Waals surface area (Å²) in [5.74, 6) is -0.728. The second kappa shape index (κ2) is 12.7. The number of likely N-dealkylation sites (N-methyl/N-ethyl adjacent to an activating group) is 1. The standard InChI is InChI=1S/C19H27Cl2N7O3S.BrH/c1-28(2,11-9-24-19(29)15-17(22)27-18(23)16(21)26-15)10-3-8-25-32(30,31)12-13-4-6-14(20)7-5-13;/h4-7,25H,3,8-12H2,1-2H3,(H4-,22,23,24,27,29);1H. The molecule has 184 valence electrons. The number of carbonyl (C=O) groups excluding carboxylic acids is 1. The molecule has 1 amide bonds. The van der Waals surface area contributed by atoms with E-state index < -0.39 is 15.9 Å². The Morgan fingerprint density at radius 3 is 2.30 bits per heavy atom. The summed E-state index contributed by atoms with van der Waals surface area (Å²) in [6, 6.07) is 6.70. The number of quaternary nitrogens is 1. The fraction of sp³-hybridized carbons (Fsp3) is 0.421. The third kappa shape index (κ3) is 9.98. The molecule has 0 unspecified atom stereocenters. The molecule has 2 aromatic rings. The van der Waals surface area contributed by atoms with Gasteiger partial charge in [-0.2, -0.15) is 0 Å². The molecule has 14 heteroatoms. The molecule has 6 N–H and O–H groups in total. The van der Waals surface area contributed by atoms with Gasteiger partial charge in [0, 0.05) is 18.0 Å². The first kappa shape index (κ1) is 29.3. The van der Waals surface area contributed by atoms with Crippen LogP contribution in [-0.4, -0.2) is 69.1 Å². The van der Waals surface area contributed by atoms with E-state index in [0.717, 1.165) is 0 Å². The highest BCUT2D eigenvalue weighted by Crippen LogP contribution is 2.17. The molecule has 0 bridgehead atoms. The Hall–Kier alpha value is -1.70. The molecule has 1 aromatic heterocycles. The lowest BCUT2D eigenvalue weighted by Gasteiger charge is -2.30. The van der Waals surface area contributed by atoms with Crippen molar-refractivity contribution in [3.8, 4) is 0 Å². The number of carbonyl (C=O) groups is 1. The number of hydrogen-bond donors (Lipinski definition) is 4. The minimum Gasteiger partial charge on any atom is -1.00 e. The smallest absolute Gasteiger partial charge is 0.273 e. The van der Waals surface area contributed by atoms with E-state index in [1.807, 2.05) is 14.1 Å². The normalized spacial score (nSPS) is 11.6. The van der Waals surface area contributed by atoms with Crippen molar-refractivity contribution < 1.29 is 34.7 Å². The summed E-state index contributed by atoms with van der Waals surface area (Å²) in [7, 11) is 0.541. The quantitative estimate of drug-likeness (QED) is 0.181. The minimum atomic E-state index is -3.44. The van der Waals surface area contributed by atoms with Gasteiger partial charge in [-0.05, 0) is 17.7 Å². The van der Waals surface area contributed by atoms with E-state index in [2.05, 4.69) is 20.0 Å². The third-order valence-corrected chi connectivity index (χ3v) is 6.54. The summed E-state index contributed by atoms with van der Waals surface area (Å²) in [4.78, 5) is 19.9. The van der Waals surface area contributed by atoms with E-state index in [1.54, 1.807) is 24.3 Å². The predicted molar refractivity (Wildman–Crippen MR) is 127 cm³/mol. The van der Waals surface area contributed by atoms with E-state index in [4.69, 9.17) is 34.7 Å². The Morgan fingerprint density at radius 1 is 1.03 bits per heavy atom. The van der Waals surface area contributed by atoms with Crippen LogP contribution in [0.2, 0.25) is 10.2 Å². The van der Waals surface area contributed by atoms with Gasteiger partial charge in [-0.15, -0.1) is 0 Å². The molecule has 0 aliphatic carbocycles. The lowest BCUT2D eigenvalue weighted by molar-refractivity contribution is -0.889. The number of halogens is 3. The summed E-state index contributed by atoms with van der Waals surface area (Å²) in [6.07, 6.45) is 0.632. The molecule has 0 spiro atoms. The molecule has 0 radical (unpaired) electrons. The third-order valence-electron chi connectivity index (χ3n) is 4.65. The predicted octanol–water partition coefficient (Wildman–Crippen LogP) is -1.73. The molecule has 0 saturated carbocycles. The number of nitrogens with zero attached hydrogens (tertiary/aromatic N) is 3. The van der Waals surface area contributed by atoms with Crippen LogP contribution in [0.3, 0.4) is 0 Å². The number of amides is 1. The molecular formula is C19H28BrCl2N7O3S. The van der Waals surface area contributed by atoms with Crippen molar-refractivity contribution in [2.75, 3.05) is 51.7 Å². The number of hydrogen-bond acceptors (Lipinski definition) is 7. The van der Waals surface area contributed by atoms with Crippen LogP contribution < -0.4 is 38.5 Å². The number of anilines is 2. The Morgan fingerprint density at radius 2 is 1.67 bits per heavy atom. The first-order chi connectivity index (χ1) is 14.9. The van der Waals surface area contributed by atoms with Crippen LogP contribution in [0.25, 0.3) is 0 Å². The number of aromatic nitrogens is 2. The zero-order valence-corrected chi connectivity index (χ0v) is 22.2. The maximum absolute atomic E-state index is 12.3. The minimum absolute atomic E-state index is 0. The van der Waals surface area contributed by atoms with Crippen molar-refractivity contribution in [3.05, 3.63) is 45.7 Å². The van der Waals surface area contributed by atoms with Gasteiger partial charge in [-0.3, -0.25) is 4.79 Å². The molecule has 10 nitrogen and oxygen atoms in total. The maximum Gasteiger partial charge on any atom is 0.273 e. The monoisotopic (exact) mass is 583 g/mol. The molecular weight excluding hydrogens is 557 g/mol. The topological polar surface area (TPSA) is 153 Å². The lowest BCUT2D eigenvalue weighted by Crippen LogP contribution is -3.00. The average Bonchev–Trinajstić information content (AvgIpc) is 2.69. The molecule has 33 heavy (non-hydrogen) atoms. The first-order valence-electron chi connectivity index (χ1n) is 9.79. The summed E-state index contributed by atoms with van der Waals surface area (Å²) < 4.78 is 27.6. The van der Waals surface area contributed by atoms with Crippen molar-refractivity contribution in [2.24, 2.45) is 0 Å². The van der Waals surface area contributed by atoms with Crippen LogP contribution in [-0.2, 0) is 15.8 Å². The Labute approximate surface area is 214 Å². The van der Waals surface area contributed by atoms with E-state index in [0.29, 0.717) is 47.7 Å². The molecule has 2 rings (SSSR count). The van der Waals surface area contributed by atoms with Gasteiger partial charge in [0.25, 0.3) is 5.91 Å². The Balaban J connectivity index is 0.00000544. The van der Waals surface area contributed by atoms with Crippen molar-refractivity contribution >= 4 is 50.8 Å². The van der Waals surface area contributed by atoms with Crippen LogP contribution in [0.1, 0.15) is 22.5 Å². The summed E-state index contributed by atoms with van der Waals surface area (Å²) in [5.41, 5.74) is 11.8. The van der Waals surface area contributed by atoms with Crippen LogP contribution in [0.5, 0.6) is 0 Å². The highest BCUT2D eigenvalue weighted by Gasteiger charge is 2.19. The summed E-state index contributed by atoms with van der Waals surface area (Å²) in [6.45, 7) is 1.99. The first-order valence-corrected chi connectivity index (χ1v) is 12.2. The molecule has 1 heterocycles. The van der Waals surface area contributed by atoms with E-state index >= 15 is 0 Å². The summed E-state index contributed by atoms with van der Waals surface area (Å²) >= 11 is 11.6. The van der Waals surface area contributed by atoms with E-state index in [9.17, 15) is 13.2 Å². The Kier molecular flexibility index (Phi) is 11.3. The van der Waals surface area contributed by atoms with Crippen molar-refractivity contribution in [1.29, 1.82) is 0 Å². The SMILES string of the molecule is C[N+](C)(CCCNS(=O)(=O)Cc1ccc(Cl)cc1)CCNC(=O)c1nc(Cl)c(N)nc1N.[Br-]. The molecule has 0 aliphatic heterocycles. The number of nitrogens with two attached hydrogens (primary N) is 2. The van der Waals surface area contributed by atoms with Gasteiger partial charge in [0.05, 0.1) is 39.5 Å². The molecule has 1 aromatic carbocycles. The molecule has 0 saturated heterocycles. The number of rotatable bonds is 11. The van der Waals surface area contributed by atoms with Crippen LogP contribution >= 0.6 is 23.2 Å². The van der Waals surface area contributed by atoms with Crippen LogP contribution in [0, 0.1) is 0 Å². The van der Waals surface area contributed by atoms with Gasteiger partial charge in [0.1, 0.15) is 0 Å². The largest absolute Gasteiger partial charge is 1.00 e. The second-order valence-corrected chi connectivity index (χ2v) is 10.5. The number of benzene rings is 1. The fourth-order valence-electron chi connectivity index (χ4n) is 2.86. The van der Waals surface area contributed by atoms with E-state index in [1.165, 1.54) is 0 Å². The highest BCUT2D eigenvalue weighted by molar-refractivity contribution is 7.88. The highest BCUT2D eigenvalue weighted by atomic mass is 79.9. The van der Waals surface area contributed by atoms with Crippen molar-refractivity contribution in [3.63, 3.8) is 0 Å². The Bertz CT molecular complexity index is 1050. The van der Waals surface area contributed by atoms with Gasteiger partial charge in [0.15, 0.2) is 22.5 Å². The van der Waals surface area contributed by atoms with Crippen LogP contribution in [0.4, 0.5) is 11.6 Å². The van der Waals surface area contributed by atoms with Crippen molar-refractivity contribution in [2.45, 2.75) is 12.2 Å². The molecule has 0 atom stereocenters. The number of nitrogen functional groups attached to an aromatic ring is 2. The lowest BCUT2D eigenvalue weighted by atomic mass is 10.2. The number of sulfonamides is 1. The van der Waals surface area contributed by atoms with Crippen molar-refractivity contribution in [1.82, 2.24) is 20.0 Å². The van der Waals surface area contributed by atoms with Gasteiger partial charge < -0.3 is 38.2 Å². The summed E-state index contributed by atoms with van der Waals surface area (Å²) in [5, 5.41) is 3.21. The van der Waals surface area contributed by atoms with Gasteiger partial charge in [-0.25, -0.2) is 23.1 Å². The van der Waals surface area contributed by atoms with Crippen LogP contribution in [0.15, 0.2) is 24.3 Å². The maximum atomic E-state index is 12.3. The zero-order chi connectivity index (χ0) is 23.9. The van der Waals surface area contributed by atoms with Gasteiger partial charge in [-0.1, -0.05) is 35.3 Å². The molecule has 0 fully saturated rings. The second-order valence-electron chi connectivity index (χ2n) is 7.91. The number of nitrogens with one attached hydrogen (secondary N) is 2. The average molecular weight is 585 g/mol. The molecule has 0 aliphatic rings.